The van der Waals surface area contributed by atoms with Crippen molar-refractivity contribution < 1.29 is 0 Å². The maximum atomic E-state index is 3.66. The van der Waals surface area contributed by atoms with Gasteiger partial charge in [0, 0.05) is 44.8 Å². The third-order valence-electron chi connectivity index (χ3n) is 3.75. The summed E-state index contributed by atoms with van der Waals surface area (Å²) in [4.78, 5) is 4.83. The molecule has 0 aromatic carbocycles. The van der Waals surface area contributed by atoms with Crippen molar-refractivity contribution in [3.05, 3.63) is 0 Å². The van der Waals surface area contributed by atoms with E-state index in [-0.39, 0.29) is 0 Å². The summed E-state index contributed by atoms with van der Waals surface area (Å²) >= 11 is 0. The molecule has 4 heteroatoms. The van der Waals surface area contributed by atoms with Crippen molar-refractivity contribution in [1.29, 1.82) is 0 Å². The minimum atomic E-state index is 0.661. The summed E-state index contributed by atoms with van der Waals surface area (Å²) in [5.74, 6) is 0. The number of hydrogen-bond donors (Lipinski definition) is 1. The molecule has 0 radical (unpaired) electrons. The smallest absolute Gasteiger partial charge is 0.0357 e. The number of nitrogens with one attached hydrogen (secondary N) is 1. The first-order chi connectivity index (χ1) is 7.15. The zero-order valence-electron chi connectivity index (χ0n) is 10.2. The van der Waals surface area contributed by atoms with E-state index in [9.17, 15) is 0 Å². The third-order valence-corrected chi connectivity index (χ3v) is 3.75. The first-order valence-corrected chi connectivity index (χ1v) is 6.05. The zero-order valence-corrected chi connectivity index (χ0v) is 10.2. The highest BCUT2D eigenvalue weighted by molar-refractivity contribution is 4.84. The Hall–Kier alpha value is -0.160. The maximum Gasteiger partial charge on any atom is 0.0357 e. The molecule has 2 unspecified atom stereocenters. The second-order valence-corrected chi connectivity index (χ2v) is 5.14. The van der Waals surface area contributed by atoms with E-state index < -0.39 is 0 Å². The minimum Gasteiger partial charge on any atom is -0.304 e. The number of piperazine rings is 1. The molecule has 4 nitrogen and oxygen atoms in total. The van der Waals surface area contributed by atoms with Crippen molar-refractivity contribution in [3.8, 4) is 0 Å². The van der Waals surface area contributed by atoms with Gasteiger partial charge in [0.15, 0.2) is 0 Å². The molecule has 0 bridgehead atoms. The van der Waals surface area contributed by atoms with Crippen LogP contribution in [0, 0.1) is 0 Å². The molecule has 2 saturated heterocycles. The van der Waals surface area contributed by atoms with Gasteiger partial charge in [-0.05, 0) is 27.4 Å². The van der Waals surface area contributed by atoms with E-state index in [1.807, 2.05) is 0 Å². The molecule has 2 fully saturated rings. The number of likely N-dealkylation sites (tertiary alicyclic amines) is 1. The predicted octanol–water partition coefficient (Wildman–Crippen LogP) is -0.169. The third kappa shape index (κ3) is 2.91. The lowest BCUT2D eigenvalue weighted by molar-refractivity contribution is 0.0883. The van der Waals surface area contributed by atoms with Gasteiger partial charge in [0.25, 0.3) is 0 Å². The van der Waals surface area contributed by atoms with Crippen LogP contribution >= 0.6 is 0 Å². The van der Waals surface area contributed by atoms with Crippen LogP contribution < -0.4 is 5.43 Å². The van der Waals surface area contributed by atoms with Crippen LogP contribution in [0.3, 0.4) is 0 Å². The lowest BCUT2D eigenvalue weighted by Crippen LogP contribution is -2.54. The summed E-state index contributed by atoms with van der Waals surface area (Å²) in [6.07, 6.45) is 1.28. The molecule has 0 spiro atoms. The molecule has 0 aliphatic carbocycles. The summed E-state index contributed by atoms with van der Waals surface area (Å²) in [6, 6.07) is 1.39. The Morgan fingerprint density at radius 3 is 2.27 bits per heavy atom. The van der Waals surface area contributed by atoms with E-state index in [1.165, 1.54) is 26.1 Å². The molecular formula is C11H24N4. The summed E-state index contributed by atoms with van der Waals surface area (Å²) < 4.78 is 0. The minimum absolute atomic E-state index is 0.661. The fraction of sp³-hybridized carbons (Fsp3) is 1.00. The molecular weight excluding hydrogens is 188 g/mol. The molecule has 0 saturated carbocycles. The average molecular weight is 212 g/mol. The van der Waals surface area contributed by atoms with Crippen LogP contribution in [0.2, 0.25) is 0 Å². The molecule has 2 rings (SSSR count). The van der Waals surface area contributed by atoms with Gasteiger partial charge in [-0.1, -0.05) is 0 Å². The molecule has 1 N–H and O–H groups in total. The molecule has 2 atom stereocenters. The van der Waals surface area contributed by atoms with E-state index in [4.69, 9.17) is 0 Å². The Morgan fingerprint density at radius 2 is 1.73 bits per heavy atom. The van der Waals surface area contributed by atoms with Gasteiger partial charge >= 0.3 is 0 Å². The number of hydrazine groups is 1. The van der Waals surface area contributed by atoms with Gasteiger partial charge in [-0.2, -0.15) is 0 Å². The van der Waals surface area contributed by atoms with Gasteiger partial charge in [0.1, 0.15) is 0 Å². The van der Waals surface area contributed by atoms with E-state index in [0.29, 0.717) is 6.04 Å². The predicted molar refractivity (Wildman–Crippen MR) is 62.7 cm³/mol. The Labute approximate surface area is 93.2 Å². The topological polar surface area (TPSA) is 21.8 Å². The summed E-state index contributed by atoms with van der Waals surface area (Å²) in [7, 11) is 4.42. The quantitative estimate of drug-likeness (QED) is 0.686. The molecule has 2 aliphatic heterocycles. The van der Waals surface area contributed by atoms with Crippen LogP contribution in [0.4, 0.5) is 0 Å². The molecule has 0 aromatic heterocycles. The highest BCUT2D eigenvalue weighted by atomic mass is 15.5. The van der Waals surface area contributed by atoms with Crippen LogP contribution in [0.25, 0.3) is 0 Å². The van der Waals surface area contributed by atoms with Crippen LogP contribution in [-0.4, -0.2) is 73.7 Å². The molecule has 15 heavy (non-hydrogen) atoms. The Kier molecular flexibility index (Phi) is 3.61. The second-order valence-electron chi connectivity index (χ2n) is 5.14. The first kappa shape index (κ1) is 11.3. The normalized spacial score (nSPS) is 36.2. The van der Waals surface area contributed by atoms with Gasteiger partial charge < -0.3 is 9.80 Å². The highest BCUT2D eigenvalue weighted by Gasteiger charge is 2.27. The number of rotatable bonds is 2. The van der Waals surface area contributed by atoms with Crippen molar-refractivity contribution in [1.82, 2.24) is 20.2 Å². The lowest BCUT2D eigenvalue weighted by Gasteiger charge is -2.34. The fourth-order valence-electron chi connectivity index (χ4n) is 2.48. The Morgan fingerprint density at radius 1 is 1.07 bits per heavy atom. The van der Waals surface area contributed by atoms with Gasteiger partial charge in [-0.15, -0.1) is 0 Å². The summed E-state index contributed by atoms with van der Waals surface area (Å²) in [5.41, 5.74) is 3.66. The Bertz CT molecular complexity index is 191. The molecule has 2 aliphatic rings. The summed E-state index contributed by atoms with van der Waals surface area (Å²) in [6.45, 7) is 8.19. The van der Waals surface area contributed by atoms with Crippen molar-refractivity contribution in [3.63, 3.8) is 0 Å². The van der Waals surface area contributed by atoms with Crippen molar-refractivity contribution in [2.75, 3.05) is 46.8 Å². The summed E-state index contributed by atoms with van der Waals surface area (Å²) in [5, 5.41) is 2.40. The zero-order chi connectivity index (χ0) is 10.8. The molecule has 0 amide bonds. The van der Waals surface area contributed by atoms with Crippen LogP contribution in [0.5, 0.6) is 0 Å². The van der Waals surface area contributed by atoms with Crippen LogP contribution in [0.1, 0.15) is 13.3 Å². The molecule has 0 aromatic rings. The Balaban J connectivity index is 1.73. The van der Waals surface area contributed by atoms with E-state index in [0.717, 1.165) is 19.1 Å². The lowest BCUT2D eigenvalue weighted by atomic mass is 10.2. The first-order valence-electron chi connectivity index (χ1n) is 6.05. The second kappa shape index (κ2) is 4.78. The number of likely N-dealkylation sites (N-methyl/N-ethyl adjacent to an activating group) is 2. The fourth-order valence-corrected chi connectivity index (χ4v) is 2.48. The molecule has 88 valence electrons. The van der Waals surface area contributed by atoms with Gasteiger partial charge in [0.05, 0.1) is 0 Å². The van der Waals surface area contributed by atoms with Crippen LogP contribution in [0.15, 0.2) is 0 Å². The van der Waals surface area contributed by atoms with Crippen molar-refractivity contribution in [2.45, 2.75) is 25.4 Å². The van der Waals surface area contributed by atoms with Crippen molar-refractivity contribution in [2.24, 2.45) is 0 Å². The standard InChI is InChI=1S/C11H24N4/c1-10-8-11(9-14(10)3)12-15-6-4-13(2)5-7-15/h10-12H,4-9H2,1-3H3. The number of nitrogens with zero attached hydrogens (tertiary/aromatic N) is 3. The van der Waals surface area contributed by atoms with Gasteiger partial charge in [-0.25, -0.2) is 5.01 Å². The van der Waals surface area contributed by atoms with Gasteiger partial charge in [-0.3, -0.25) is 5.43 Å². The maximum absolute atomic E-state index is 3.66. The highest BCUT2D eigenvalue weighted by Crippen LogP contribution is 2.15. The molecule has 2 heterocycles. The average Bonchev–Trinajstić information content (AvgIpc) is 2.50. The number of hydrogen-bond acceptors (Lipinski definition) is 4. The van der Waals surface area contributed by atoms with Crippen molar-refractivity contribution >= 4 is 0 Å². The van der Waals surface area contributed by atoms with E-state index in [2.05, 4.69) is 41.3 Å². The van der Waals surface area contributed by atoms with Gasteiger partial charge in [0.2, 0.25) is 0 Å². The largest absolute Gasteiger partial charge is 0.304 e. The van der Waals surface area contributed by atoms with E-state index >= 15 is 0 Å². The SMILES string of the molecule is CC1CC(NN2CCN(C)CC2)CN1C. The van der Waals surface area contributed by atoms with Crippen LogP contribution in [-0.2, 0) is 0 Å². The van der Waals surface area contributed by atoms with E-state index in [1.54, 1.807) is 0 Å². The monoisotopic (exact) mass is 212 g/mol.